The molecule has 2 rings (SSSR count). The van der Waals surface area contributed by atoms with E-state index in [4.69, 9.17) is 4.74 Å². The average Bonchev–Trinajstić information content (AvgIpc) is 2.39. The minimum absolute atomic E-state index is 0.438. The molecule has 0 bridgehead atoms. The molecule has 4 heteroatoms. The second kappa shape index (κ2) is 6.14. The van der Waals surface area contributed by atoms with Crippen molar-refractivity contribution in [3.63, 3.8) is 0 Å². The fourth-order valence-corrected chi connectivity index (χ4v) is 2.45. The van der Waals surface area contributed by atoms with Gasteiger partial charge in [-0.2, -0.15) is 0 Å². The van der Waals surface area contributed by atoms with Crippen molar-refractivity contribution in [3.8, 4) is 0 Å². The molecule has 18 heavy (non-hydrogen) atoms. The average molecular weight is 249 g/mol. The van der Waals surface area contributed by atoms with Crippen molar-refractivity contribution in [2.45, 2.75) is 46.1 Å². The van der Waals surface area contributed by atoms with Crippen LogP contribution in [0.1, 0.15) is 38.2 Å². The lowest BCUT2D eigenvalue weighted by Crippen LogP contribution is -2.31. The van der Waals surface area contributed by atoms with Gasteiger partial charge in [0.2, 0.25) is 0 Å². The van der Waals surface area contributed by atoms with Gasteiger partial charge in [-0.1, -0.05) is 6.92 Å². The van der Waals surface area contributed by atoms with Crippen LogP contribution in [0.3, 0.4) is 0 Å². The first-order valence-corrected chi connectivity index (χ1v) is 6.88. The minimum atomic E-state index is 0.438. The molecule has 1 atom stereocenters. The predicted octanol–water partition coefficient (Wildman–Crippen LogP) is 2.57. The molecule has 100 valence electrons. The number of rotatable bonds is 4. The van der Waals surface area contributed by atoms with Crippen molar-refractivity contribution in [2.75, 3.05) is 18.5 Å². The van der Waals surface area contributed by atoms with Crippen LogP contribution < -0.4 is 5.32 Å². The number of nitrogens with one attached hydrogen (secondary N) is 1. The Morgan fingerprint density at radius 1 is 1.39 bits per heavy atom. The van der Waals surface area contributed by atoms with Crippen LogP contribution >= 0.6 is 0 Å². The summed E-state index contributed by atoms with van der Waals surface area (Å²) in [7, 11) is 0. The first-order valence-electron chi connectivity index (χ1n) is 6.88. The smallest absolute Gasteiger partial charge is 0.130 e. The largest absolute Gasteiger partial charge is 0.381 e. The Kier molecular flexibility index (Phi) is 4.53. The van der Waals surface area contributed by atoms with E-state index in [2.05, 4.69) is 35.2 Å². The van der Waals surface area contributed by atoms with Gasteiger partial charge in [-0.25, -0.2) is 9.97 Å². The number of anilines is 1. The van der Waals surface area contributed by atoms with E-state index in [-0.39, 0.29) is 0 Å². The van der Waals surface area contributed by atoms with Crippen molar-refractivity contribution in [3.05, 3.63) is 17.6 Å². The Bertz CT molecular complexity index is 389. The van der Waals surface area contributed by atoms with Gasteiger partial charge in [0.25, 0.3) is 0 Å². The zero-order chi connectivity index (χ0) is 13.0. The summed E-state index contributed by atoms with van der Waals surface area (Å²) >= 11 is 0. The number of hydrogen-bond acceptors (Lipinski definition) is 4. The van der Waals surface area contributed by atoms with E-state index >= 15 is 0 Å². The molecule has 0 amide bonds. The molecule has 1 fully saturated rings. The van der Waals surface area contributed by atoms with Crippen LogP contribution in [-0.4, -0.2) is 29.2 Å². The van der Waals surface area contributed by atoms with E-state index in [0.717, 1.165) is 49.8 Å². The van der Waals surface area contributed by atoms with Crippen LogP contribution in [0.15, 0.2) is 6.07 Å². The molecule has 1 aliphatic heterocycles. The van der Waals surface area contributed by atoms with Crippen molar-refractivity contribution >= 4 is 5.82 Å². The van der Waals surface area contributed by atoms with Gasteiger partial charge >= 0.3 is 0 Å². The molecule has 4 nitrogen and oxygen atoms in total. The maximum atomic E-state index is 5.40. The molecule has 1 aromatic heterocycles. The van der Waals surface area contributed by atoms with Crippen LogP contribution in [0.5, 0.6) is 0 Å². The zero-order valence-electron chi connectivity index (χ0n) is 11.6. The highest BCUT2D eigenvalue weighted by molar-refractivity contribution is 5.37. The second-order valence-electron chi connectivity index (χ2n) is 5.03. The Hall–Kier alpha value is -1.16. The van der Waals surface area contributed by atoms with Crippen molar-refractivity contribution < 1.29 is 4.74 Å². The summed E-state index contributed by atoms with van der Waals surface area (Å²) in [6.07, 6.45) is 3.22. The summed E-state index contributed by atoms with van der Waals surface area (Å²) in [5.41, 5.74) is 1.10. The number of ether oxygens (including phenoxy) is 1. The number of aryl methyl sites for hydroxylation is 2. The van der Waals surface area contributed by atoms with Gasteiger partial charge < -0.3 is 10.1 Å². The van der Waals surface area contributed by atoms with E-state index in [9.17, 15) is 0 Å². The summed E-state index contributed by atoms with van der Waals surface area (Å²) in [4.78, 5) is 8.86. The SMILES string of the molecule is CCc1cc(NC(C)C2CCOCC2)nc(C)n1. The molecule has 1 aromatic rings. The highest BCUT2D eigenvalue weighted by Crippen LogP contribution is 2.21. The van der Waals surface area contributed by atoms with Crippen LogP contribution in [0.25, 0.3) is 0 Å². The van der Waals surface area contributed by atoms with Gasteiger partial charge in [0.15, 0.2) is 0 Å². The highest BCUT2D eigenvalue weighted by atomic mass is 16.5. The quantitative estimate of drug-likeness (QED) is 0.891. The lowest BCUT2D eigenvalue weighted by Gasteiger charge is -2.28. The molecule has 0 saturated carbocycles. The Balaban J connectivity index is 2.01. The van der Waals surface area contributed by atoms with Crippen LogP contribution in [0.2, 0.25) is 0 Å². The number of nitrogens with zero attached hydrogens (tertiary/aromatic N) is 2. The second-order valence-corrected chi connectivity index (χ2v) is 5.03. The first-order chi connectivity index (χ1) is 8.69. The lowest BCUT2D eigenvalue weighted by molar-refractivity contribution is 0.0622. The van der Waals surface area contributed by atoms with Crippen molar-refractivity contribution in [2.24, 2.45) is 5.92 Å². The Labute approximate surface area is 109 Å². The summed E-state index contributed by atoms with van der Waals surface area (Å²) in [5, 5.41) is 3.52. The predicted molar refractivity (Wildman–Crippen MR) is 72.8 cm³/mol. The van der Waals surface area contributed by atoms with Gasteiger partial charge in [-0.3, -0.25) is 0 Å². The van der Waals surface area contributed by atoms with E-state index in [1.54, 1.807) is 0 Å². The molecule has 0 aromatic carbocycles. The van der Waals surface area contributed by atoms with E-state index in [0.29, 0.717) is 12.0 Å². The molecular formula is C14H23N3O. The molecular weight excluding hydrogens is 226 g/mol. The highest BCUT2D eigenvalue weighted by Gasteiger charge is 2.20. The molecule has 0 spiro atoms. The van der Waals surface area contributed by atoms with Gasteiger partial charge in [0.05, 0.1) is 0 Å². The topological polar surface area (TPSA) is 47.0 Å². The molecule has 1 N–H and O–H groups in total. The summed E-state index contributed by atoms with van der Waals surface area (Å²) in [6.45, 7) is 8.08. The summed E-state index contributed by atoms with van der Waals surface area (Å²) in [5.74, 6) is 2.48. The van der Waals surface area contributed by atoms with E-state index in [1.807, 2.05) is 6.92 Å². The van der Waals surface area contributed by atoms with Gasteiger partial charge in [0.1, 0.15) is 11.6 Å². The molecule has 1 aliphatic rings. The van der Waals surface area contributed by atoms with Gasteiger partial charge in [-0.05, 0) is 39.0 Å². The van der Waals surface area contributed by atoms with Crippen molar-refractivity contribution in [1.82, 2.24) is 9.97 Å². The molecule has 2 heterocycles. The molecule has 0 aliphatic carbocycles. The van der Waals surface area contributed by atoms with Crippen LogP contribution in [0, 0.1) is 12.8 Å². The molecule has 1 unspecified atom stereocenters. The maximum absolute atomic E-state index is 5.40. The van der Waals surface area contributed by atoms with E-state index < -0.39 is 0 Å². The fourth-order valence-electron chi connectivity index (χ4n) is 2.45. The molecule has 0 radical (unpaired) electrons. The van der Waals surface area contributed by atoms with Crippen molar-refractivity contribution in [1.29, 1.82) is 0 Å². The Morgan fingerprint density at radius 2 is 2.11 bits per heavy atom. The summed E-state index contributed by atoms with van der Waals surface area (Å²) in [6, 6.07) is 2.50. The van der Waals surface area contributed by atoms with E-state index in [1.165, 1.54) is 0 Å². The first kappa shape index (κ1) is 13.3. The van der Waals surface area contributed by atoms with Crippen LogP contribution in [-0.2, 0) is 11.2 Å². The number of aromatic nitrogens is 2. The third kappa shape index (κ3) is 3.42. The van der Waals surface area contributed by atoms with Crippen LogP contribution in [0.4, 0.5) is 5.82 Å². The standard InChI is InChI=1S/C14H23N3O/c1-4-13-9-14(17-11(3)16-13)15-10(2)12-5-7-18-8-6-12/h9-10,12H,4-8H2,1-3H3,(H,15,16,17). The minimum Gasteiger partial charge on any atom is -0.381 e. The molecule has 1 saturated heterocycles. The number of hydrogen-bond donors (Lipinski definition) is 1. The van der Waals surface area contributed by atoms with Gasteiger partial charge in [-0.15, -0.1) is 0 Å². The summed E-state index contributed by atoms with van der Waals surface area (Å²) < 4.78 is 5.40. The third-order valence-electron chi connectivity index (χ3n) is 3.60. The monoisotopic (exact) mass is 249 g/mol. The fraction of sp³-hybridized carbons (Fsp3) is 0.714. The normalized spacial score (nSPS) is 18.6. The third-order valence-corrected chi connectivity index (χ3v) is 3.60. The van der Waals surface area contributed by atoms with Gasteiger partial charge in [0, 0.05) is 31.0 Å². The maximum Gasteiger partial charge on any atom is 0.130 e. The Morgan fingerprint density at radius 3 is 2.78 bits per heavy atom. The zero-order valence-corrected chi connectivity index (χ0v) is 11.6. The lowest BCUT2D eigenvalue weighted by atomic mass is 9.93.